The summed E-state index contributed by atoms with van der Waals surface area (Å²) >= 11 is -0.227. The second-order valence-corrected chi connectivity index (χ2v) is 9.77. The molecule has 4 rings (SSSR count). The van der Waals surface area contributed by atoms with Crippen molar-refractivity contribution < 1.29 is 32.7 Å². The van der Waals surface area contributed by atoms with Gasteiger partial charge in [0.15, 0.2) is 0 Å². The first-order valence-corrected chi connectivity index (χ1v) is 12.2. The van der Waals surface area contributed by atoms with Crippen LogP contribution in [-0.4, -0.2) is 45.9 Å². The molecule has 2 amide bonds. The average molecular weight is 507 g/mol. The van der Waals surface area contributed by atoms with Gasteiger partial charge in [-0.2, -0.15) is 13.2 Å². The van der Waals surface area contributed by atoms with Crippen LogP contribution in [0.25, 0.3) is 0 Å². The van der Waals surface area contributed by atoms with E-state index in [0.717, 1.165) is 18.4 Å². The van der Waals surface area contributed by atoms with Gasteiger partial charge in [0.05, 0.1) is 12.5 Å². The molecule has 3 atom stereocenters. The Labute approximate surface area is 205 Å². The van der Waals surface area contributed by atoms with Crippen LogP contribution in [0.4, 0.5) is 18.9 Å². The van der Waals surface area contributed by atoms with Gasteiger partial charge in [-0.25, -0.2) is 0 Å². The molecule has 186 valence electrons. The number of para-hydroxylation sites is 1. The quantitative estimate of drug-likeness (QED) is 0.503. The number of benzene rings is 2. The first-order valence-electron chi connectivity index (χ1n) is 11.4. The Morgan fingerprint density at radius 3 is 2.31 bits per heavy atom. The van der Waals surface area contributed by atoms with Crippen LogP contribution in [0.1, 0.15) is 54.6 Å². The maximum atomic E-state index is 13.6. The third kappa shape index (κ3) is 5.17. The molecule has 6 nitrogen and oxygen atoms in total. The Balaban J connectivity index is 1.65. The lowest BCUT2D eigenvalue weighted by atomic mass is 9.67. The van der Waals surface area contributed by atoms with Crippen LogP contribution >= 0.6 is 11.8 Å². The molecular formula is C25H25F3N2O4S. The van der Waals surface area contributed by atoms with Crippen molar-refractivity contribution in [3.8, 4) is 0 Å². The molecule has 2 aromatic rings. The van der Waals surface area contributed by atoms with Gasteiger partial charge in [-0.05, 0) is 67.4 Å². The van der Waals surface area contributed by atoms with Crippen LogP contribution in [0.5, 0.6) is 0 Å². The maximum Gasteiger partial charge on any atom is 0.446 e. The Morgan fingerprint density at radius 1 is 1.06 bits per heavy atom. The van der Waals surface area contributed by atoms with Gasteiger partial charge in [0.1, 0.15) is 0 Å². The third-order valence-electron chi connectivity index (χ3n) is 6.65. The van der Waals surface area contributed by atoms with E-state index < -0.39 is 11.5 Å². The molecule has 2 aromatic carbocycles. The summed E-state index contributed by atoms with van der Waals surface area (Å²) in [6.45, 7) is 2.26. The van der Waals surface area contributed by atoms with Crippen LogP contribution in [0.2, 0.25) is 0 Å². The van der Waals surface area contributed by atoms with Crippen LogP contribution in [-0.2, 0) is 9.59 Å². The highest BCUT2D eigenvalue weighted by molar-refractivity contribution is 8.00. The summed E-state index contributed by atoms with van der Waals surface area (Å²) in [5.41, 5.74) is -2.63. The standard InChI is InChI=1S/C25H25F3N2O4S/c1-2-29(21(31)13-14-22(32)33)23-17-5-3-4-6-19(17)30(20-12-11-18(20)23)24(34)15-7-9-16(10-8-15)35-25(26,27)28/h3-10,18,20,23H,2,11-14H2,1H3,(H,32,33)/t18-,20+,23-/m0/s1. The fourth-order valence-electron chi connectivity index (χ4n) is 5.05. The summed E-state index contributed by atoms with van der Waals surface area (Å²) in [5.74, 6) is -1.58. The number of carboxylic acids is 1. The van der Waals surface area contributed by atoms with Gasteiger partial charge < -0.3 is 14.9 Å². The number of carbonyl (C=O) groups excluding carboxylic acids is 2. The second-order valence-electron chi connectivity index (χ2n) is 8.63. The molecule has 35 heavy (non-hydrogen) atoms. The topological polar surface area (TPSA) is 77.9 Å². The SMILES string of the molecule is CCN(C(=O)CCC(=O)O)[C@H]1c2ccccc2N(C(=O)c2ccc(SC(F)(F)F)cc2)[C@@H]2CC[C@@H]21. The number of thioether (sulfide) groups is 1. The molecule has 1 N–H and O–H groups in total. The minimum atomic E-state index is -4.40. The van der Waals surface area contributed by atoms with Crippen molar-refractivity contribution in [1.29, 1.82) is 0 Å². The largest absolute Gasteiger partial charge is 0.481 e. The number of hydrogen-bond donors (Lipinski definition) is 1. The number of amides is 2. The molecule has 2 aliphatic rings. The van der Waals surface area contributed by atoms with Crippen molar-refractivity contribution in [2.24, 2.45) is 5.92 Å². The molecule has 1 fully saturated rings. The zero-order chi connectivity index (χ0) is 25.3. The Morgan fingerprint density at radius 2 is 1.74 bits per heavy atom. The third-order valence-corrected chi connectivity index (χ3v) is 7.38. The monoisotopic (exact) mass is 506 g/mol. The van der Waals surface area contributed by atoms with E-state index in [2.05, 4.69) is 0 Å². The van der Waals surface area contributed by atoms with E-state index in [1.165, 1.54) is 24.3 Å². The number of aliphatic carboxylic acids is 1. The molecule has 10 heteroatoms. The first-order chi connectivity index (χ1) is 16.6. The average Bonchev–Trinajstić information content (AvgIpc) is 2.78. The van der Waals surface area contributed by atoms with Crippen molar-refractivity contribution >= 4 is 35.2 Å². The Kier molecular flexibility index (Phi) is 7.12. The van der Waals surface area contributed by atoms with Gasteiger partial charge in [-0.15, -0.1) is 0 Å². The van der Waals surface area contributed by atoms with Gasteiger partial charge in [0, 0.05) is 41.1 Å². The number of nitrogens with zero attached hydrogens (tertiary/aromatic N) is 2. The Hall–Kier alpha value is -3.01. The van der Waals surface area contributed by atoms with Crippen LogP contribution in [0, 0.1) is 5.92 Å². The molecule has 0 radical (unpaired) electrons. The lowest BCUT2D eigenvalue weighted by molar-refractivity contribution is -0.142. The molecule has 0 saturated heterocycles. The van der Waals surface area contributed by atoms with E-state index >= 15 is 0 Å². The molecule has 1 aliphatic carbocycles. The van der Waals surface area contributed by atoms with Crippen molar-refractivity contribution in [2.45, 2.75) is 55.1 Å². The van der Waals surface area contributed by atoms with Crippen molar-refractivity contribution in [3.63, 3.8) is 0 Å². The fourth-order valence-corrected chi connectivity index (χ4v) is 5.59. The summed E-state index contributed by atoms with van der Waals surface area (Å²) in [4.78, 5) is 40.9. The molecule has 1 aliphatic heterocycles. The van der Waals surface area contributed by atoms with Gasteiger partial charge in [0.25, 0.3) is 5.91 Å². The van der Waals surface area contributed by atoms with E-state index in [1.807, 2.05) is 25.1 Å². The van der Waals surface area contributed by atoms with Crippen LogP contribution in [0.3, 0.4) is 0 Å². The molecule has 1 saturated carbocycles. The second kappa shape index (κ2) is 9.93. The minimum Gasteiger partial charge on any atom is -0.481 e. The number of fused-ring (bicyclic) bond motifs is 2. The lowest BCUT2D eigenvalue weighted by Crippen LogP contribution is -2.58. The Bertz CT molecular complexity index is 1120. The summed E-state index contributed by atoms with van der Waals surface area (Å²) in [7, 11) is 0. The van der Waals surface area contributed by atoms with E-state index in [1.54, 1.807) is 15.9 Å². The summed E-state index contributed by atoms with van der Waals surface area (Å²) in [6, 6.07) is 12.3. The molecule has 0 bridgehead atoms. The zero-order valence-electron chi connectivity index (χ0n) is 19.0. The maximum absolute atomic E-state index is 13.6. The van der Waals surface area contributed by atoms with Gasteiger partial charge in [-0.1, -0.05) is 18.2 Å². The van der Waals surface area contributed by atoms with E-state index in [-0.39, 0.29) is 59.3 Å². The summed E-state index contributed by atoms with van der Waals surface area (Å²) < 4.78 is 38.0. The highest BCUT2D eigenvalue weighted by Gasteiger charge is 2.50. The first kappa shape index (κ1) is 25.1. The van der Waals surface area contributed by atoms with Crippen LogP contribution < -0.4 is 4.90 Å². The number of carboxylic acid groups (broad SMARTS) is 1. The fraction of sp³-hybridized carbons (Fsp3) is 0.400. The lowest BCUT2D eigenvalue weighted by Gasteiger charge is -2.55. The summed E-state index contributed by atoms with van der Waals surface area (Å²) in [5, 5.41) is 9.00. The number of alkyl halides is 3. The summed E-state index contributed by atoms with van der Waals surface area (Å²) in [6.07, 6.45) is 1.20. The van der Waals surface area contributed by atoms with Crippen molar-refractivity contribution in [2.75, 3.05) is 11.4 Å². The molecule has 1 heterocycles. The number of halogens is 3. The van der Waals surface area contributed by atoms with Gasteiger partial charge in [0.2, 0.25) is 5.91 Å². The predicted octanol–water partition coefficient (Wildman–Crippen LogP) is 5.49. The van der Waals surface area contributed by atoms with Gasteiger partial charge >= 0.3 is 11.5 Å². The normalized spacial score (nSPS) is 20.9. The van der Waals surface area contributed by atoms with Crippen molar-refractivity contribution in [1.82, 2.24) is 4.90 Å². The van der Waals surface area contributed by atoms with Crippen molar-refractivity contribution in [3.05, 3.63) is 59.7 Å². The molecule has 0 spiro atoms. The van der Waals surface area contributed by atoms with E-state index in [4.69, 9.17) is 5.11 Å². The zero-order valence-corrected chi connectivity index (χ0v) is 19.8. The molecule has 0 unspecified atom stereocenters. The predicted molar refractivity (Wildman–Crippen MR) is 125 cm³/mol. The molecule has 0 aromatic heterocycles. The number of carbonyl (C=O) groups is 3. The highest BCUT2D eigenvalue weighted by Crippen LogP contribution is 2.52. The minimum absolute atomic E-state index is 0.00754. The highest BCUT2D eigenvalue weighted by atomic mass is 32.2. The van der Waals surface area contributed by atoms with Gasteiger partial charge in [-0.3, -0.25) is 14.4 Å². The smallest absolute Gasteiger partial charge is 0.446 e. The van der Waals surface area contributed by atoms with Crippen LogP contribution in [0.15, 0.2) is 53.4 Å². The van der Waals surface area contributed by atoms with E-state index in [0.29, 0.717) is 17.8 Å². The van der Waals surface area contributed by atoms with E-state index in [9.17, 15) is 27.6 Å². The number of hydrogen-bond acceptors (Lipinski definition) is 4. The number of anilines is 1. The number of rotatable bonds is 7. The molecular weight excluding hydrogens is 481 g/mol.